The second-order valence-electron chi connectivity index (χ2n) is 6.52. The Hall–Kier alpha value is -2.23. The lowest BCUT2D eigenvalue weighted by Gasteiger charge is -2.21. The molecule has 0 radical (unpaired) electrons. The third-order valence-corrected chi connectivity index (χ3v) is 6.84. The Kier molecular flexibility index (Phi) is 5.81. The maximum atomic E-state index is 4.96. The standard InChI is InChI=1S/C24H21NS2/c1-18-12-14-21(15-13-18)23-16-22(20-10-6-3-7-11-20)25-24(27-23)26-17-19-8-4-2-5-9-19/h2-16,23H,17H2,1H3. The van der Waals surface area contributed by atoms with Gasteiger partial charge in [-0.05, 0) is 29.7 Å². The van der Waals surface area contributed by atoms with Crippen LogP contribution in [0.15, 0.2) is 96.0 Å². The molecule has 3 heteroatoms. The summed E-state index contributed by atoms with van der Waals surface area (Å²) in [4.78, 5) is 4.96. The summed E-state index contributed by atoms with van der Waals surface area (Å²) in [7, 11) is 0. The van der Waals surface area contributed by atoms with Crippen LogP contribution in [0.1, 0.15) is 27.5 Å². The summed E-state index contributed by atoms with van der Waals surface area (Å²) in [6.07, 6.45) is 2.29. The molecule has 0 saturated carbocycles. The molecule has 1 heterocycles. The summed E-state index contributed by atoms with van der Waals surface area (Å²) >= 11 is 3.67. The molecule has 0 amide bonds. The summed E-state index contributed by atoms with van der Waals surface area (Å²) in [5.74, 6) is 0.940. The molecule has 3 aromatic carbocycles. The van der Waals surface area contributed by atoms with E-state index in [1.54, 1.807) is 0 Å². The molecule has 0 spiro atoms. The van der Waals surface area contributed by atoms with Gasteiger partial charge in [0.1, 0.15) is 4.38 Å². The fraction of sp³-hybridized carbons (Fsp3) is 0.125. The number of rotatable bonds is 4. The van der Waals surface area contributed by atoms with Gasteiger partial charge in [-0.1, -0.05) is 114 Å². The predicted octanol–water partition coefficient (Wildman–Crippen LogP) is 7.11. The third kappa shape index (κ3) is 4.74. The fourth-order valence-electron chi connectivity index (χ4n) is 2.92. The summed E-state index contributed by atoms with van der Waals surface area (Å²) in [6, 6.07) is 29.9. The molecule has 134 valence electrons. The van der Waals surface area contributed by atoms with Crippen molar-refractivity contribution in [3.05, 3.63) is 113 Å². The molecule has 27 heavy (non-hydrogen) atoms. The van der Waals surface area contributed by atoms with Gasteiger partial charge in [0.05, 0.1) is 10.9 Å². The molecule has 1 aliphatic heterocycles. The highest BCUT2D eigenvalue weighted by Gasteiger charge is 2.20. The molecule has 1 aliphatic rings. The largest absolute Gasteiger partial charge is 0.235 e. The molecule has 0 fully saturated rings. The van der Waals surface area contributed by atoms with E-state index in [2.05, 4.69) is 91.9 Å². The molecule has 0 bridgehead atoms. The SMILES string of the molecule is Cc1ccc(C2C=C(c3ccccc3)N=C(SCc3ccccc3)S2)cc1. The molecule has 3 aromatic rings. The van der Waals surface area contributed by atoms with Gasteiger partial charge in [-0.15, -0.1) is 0 Å². The normalized spacial score (nSPS) is 16.6. The van der Waals surface area contributed by atoms with Crippen molar-refractivity contribution in [3.63, 3.8) is 0 Å². The van der Waals surface area contributed by atoms with Crippen LogP contribution in [0.4, 0.5) is 0 Å². The first kappa shape index (κ1) is 18.1. The number of benzene rings is 3. The van der Waals surface area contributed by atoms with Gasteiger partial charge in [-0.2, -0.15) is 0 Å². The van der Waals surface area contributed by atoms with Crippen LogP contribution in [0.3, 0.4) is 0 Å². The van der Waals surface area contributed by atoms with E-state index in [1.165, 1.54) is 22.3 Å². The summed E-state index contributed by atoms with van der Waals surface area (Å²) in [5.41, 5.74) is 6.18. The molecule has 0 aromatic heterocycles. The monoisotopic (exact) mass is 387 g/mol. The van der Waals surface area contributed by atoms with Crippen LogP contribution in [-0.4, -0.2) is 4.38 Å². The van der Waals surface area contributed by atoms with Gasteiger partial charge in [0.15, 0.2) is 0 Å². The summed E-state index contributed by atoms with van der Waals surface area (Å²) in [5, 5.41) is 0.288. The van der Waals surface area contributed by atoms with Crippen LogP contribution in [0.2, 0.25) is 0 Å². The second kappa shape index (κ2) is 8.64. The highest BCUT2D eigenvalue weighted by atomic mass is 32.2. The lowest BCUT2D eigenvalue weighted by molar-refractivity contribution is 1.21. The van der Waals surface area contributed by atoms with Crippen LogP contribution in [0, 0.1) is 6.92 Å². The molecule has 4 rings (SSSR count). The maximum absolute atomic E-state index is 4.96. The van der Waals surface area contributed by atoms with Crippen molar-refractivity contribution in [1.29, 1.82) is 0 Å². The summed E-state index contributed by atoms with van der Waals surface area (Å²) < 4.78 is 1.13. The smallest absolute Gasteiger partial charge is 0.131 e. The van der Waals surface area contributed by atoms with Gasteiger partial charge in [0.2, 0.25) is 0 Å². The topological polar surface area (TPSA) is 12.4 Å². The zero-order valence-corrected chi connectivity index (χ0v) is 16.8. The fourth-order valence-corrected chi connectivity index (χ4v) is 5.19. The minimum atomic E-state index is 0.288. The van der Waals surface area contributed by atoms with Crippen LogP contribution in [0.5, 0.6) is 0 Å². The summed E-state index contributed by atoms with van der Waals surface area (Å²) in [6.45, 7) is 2.13. The van der Waals surface area contributed by atoms with Crippen molar-refractivity contribution in [2.45, 2.75) is 17.9 Å². The van der Waals surface area contributed by atoms with E-state index in [-0.39, 0.29) is 5.25 Å². The van der Waals surface area contributed by atoms with Crippen molar-refractivity contribution < 1.29 is 0 Å². The Labute approximate surface area is 169 Å². The number of aryl methyl sites for hydroxylation is 1. The Balaban J connectivity index is 1.61. The molecule has 1 atom stereocenters. The average Bonchev–Trinajstić information content (AvgIpc) is 2.74. The Bertz CT molecular complexity index is 945. The van der Waals surface area contributed by atoms with Gasteiger partial charge < -0.3 is 0 Å². The molecule has 1 unspecified atom stereocenters. The van der Waals surface area contributed by atoms with Crippen molar-refractivity contribution in [2.75, 3.05) is 0 Å². The highest BCUT2D eigenvalue weighted by Crippen LogP contribution is 2.42. The van der Waals surface area contributed by atoms with Gasteiger partial charge in [0, 0.05) is 5.75 Å². The number of aliphatic imine (C=N–C) groups is 1. The first-order valence-electron chi connectivity index (χ1n) is 9.04. The Morgan fingerprint density at radius 2 is 1.52 bits per heavy atom. The van der Waals surface area contributed by atoms with Crippen molar-refractivity contribution in [3.8, 4) is 0 Å². The second-order valence-corrected chi connectivity index (χ2v) is 8.87. The minimum absolute atomic E-state index is 0.288. The highest BCUT2D eigenvalue weighted by molar-refractivity contribution is 8.38. The zero-order chi connectivity index (χ0) is 18.5. The van der Waals surface area contributed by atoms with Crippen molar-refractivity contribution >= 4 is 33.6 Å². The minimum Gasteiger partial charge on any atom is -0.235 e. The first-order chi connectivity index (χ1) is 13.3. The first-order valence-corrected chi connectivity index (χ1v) is 10.9. The number of hydrogen-bond donors (Lipinski definition) is 0. The number of nitrogens with zero attached hydrogens (tertiary/aromatic N) is 1. The van der Waals surface area contributed by atoms with Gasteiger partial charge >= 0.3 is 0 Å². The van der Waals surface area contributed by atoms with Gasteiger partial charge in [0.25, 0.3) is 0 Å². The quantitative estimate of drug-likeness (QED) is 0.473. The van der Waals surface area contributed by atoms with Crippen molar-refractivity contribution in [1.82, 2.24) is 0 Å². The number of thioether (sulfide) groups is 2. The van der Waals surface area contributed by atoms with E-state index >= 15 is 0 Å². The van der Waals surface area contributed by atoms with Crippen molar-refractivity contribution in [2.24, 2.45) is 4.99 Å². The molecule has 0 N–H and O–H groups in total. The lowest BCUT2D eigenvalue weighted by atomic mass is 10.1. The van der Waals surface area contributed by atoms with Gasteiger partial charge in [-0.25, -0.2) is 4.99 Å². The molecule has 1 nitrogen and oxygen atoms in total. The van der Waals surface area contributed by atoms with E-state index in [9.17, 15) is 0 Å². The van der Waals surface area contributed by atoms with E-state index in [0.29, 0.717) is 0 Å². The van der Waals surface area contributed by atoms with Crippen LogP contribution >= 0.6 is 23.5 Å². The third-order valence-electron chi connectivity index (χ3n) is 4.43. The van der Waals surface area contributed by atoms with E-state index in [1.807, 2.05) is 29.6 Å². The average molecular weight is 388 g/mol. The zero-order valence-electron chi connectivity index (χ0n) is 15.2. The van der Waals surface area contributed by atoms with E-state index < -0.39 is 0 Å². The lowest BCUT2D eigenvalue weighted by Crippen LogP contribution is -2.03. The predicted molar refractivity (Wildman–Crippen MR) is 121 cm³/mol. The number of hydrogen-bond acceptors (Lipinski definition) is 3. The van der Waals surface area contributed by atoms with Crippen LogP contribution in [0.25, 0.3) is 5.70 Å². The molecule has 0 aliphatic carbocycles. The van der Waals surface area contributed by atoms with E-state index in [4.69, 9.17) is 4.99 Å². The Morgan fingerprint density at radius 1 is 0.852 bits per heavy atom. The Morgan fingerprint density at radius 3 is 2.22 bits per heavy atom. The van der Waals surface area contributed by atoms with E-state index in [0.717, 1.165) is 15.8 Å². The molecular weight excluding hydrogens is 366 g/mol. The molecular formula is C24H21NS2. The van der Waals surface area contributed by atoms with Crippen LogP contribution < -0.4 is 0 Å². The van der Waals surface area contributed by atoms with Gasteiger partial charge in [-0.3, -0.25) is 0 Å². The van der Waals surface area contributed by atoms with Crippen LogP contribution in [-0.2, 0) is 5.75 Å². The molecule has 0 saturated heterocycles. The maximum Gasteiger partial charge on any atom is 0.131 e.